The van der Waals surface area contributed by atoms with Crippen LogP contribution in [-0.2, 0) is 16.1 Å². The van der Waals surface area contributed by atoms with Crippen molar-refractivity contribution in [1.82, 2.24) is 0 Å². The molecule has 0 radical (unpaired) electrons. The summed E-state index contributed by atoms with van der Waals surface area (Å²) in [5, 5.41) is 0.635. The van der Waals surface area contributed by atoms with Gasteiger partial charge in [-0.2, -0.15) is 0 Å². The number of methoxy groups -OCH3 is 3. The number of hydrogen-bond acceptors (Lipinski definition) is 5. The molecule has 0 spiro atoms. The second kappa shape index (κ2) is 8.99. The minimum atomic E-state index is -0.466. The first kappa shape index (κ1) is 18.7. The van der Waals surface area contributed by atoms with Crippen LogP contribution >= 0.6 is 11.6 Å². The average Bonchev–Trinajstić information content (AvgIpc) is 2.65. The Morgan fingerprint density at radius 2 is 1.56 bits per heavy atom. The number of esters is 1. The van der Waals surface area contributed by atoms with Gasteiger partial charge in [0, 0.05) is 22.7 Å². The molecule has 5 nitrogen and oxygen atoms in total. The maximum atomic E-state index is 11.9. The van der Waals surface area contributed by atoms with Gasteiger partial charge in [-0.3, -0.25) is 0 Å². The first-order valence-corrected chi connectivity index (χ1v) is 7.84. The Bertz CT molecular complexity index is 753. The molecule has 0 saturated heterocycles. The quantitative estimate of drug-likeness (QED) is 0.547. The molecule has 0 atom stereocenters. The summed E-state index contributed by atoms with van der Waals surface area (Å²) in [4.78, 5) is 11.9. The molecule has 2 aromatic carbocycles. The standard InChI is InChI=1S/C19H19ClO5/c1-22-16-11-18(24-3)17(23-2)10-14(16)6-9-19(21)25-12-13-4-7-15(20)8-5-13/h4-11H,12H2,1-3H3/b9-6+. The van der Waals surface area contributed by atoms with Gasteiger partial charge < -0.3 is 18.9 Å². The van der Waals surface area contributed by atoms with Gasteiger partial charge in [0.2, 0.25) is 0 Å². The van der Waals surface area contributed by atoms with E-state index < -0.39 is 5.97 Å². The summed E-state index contributed by atoms with van der Waals surface area (Å²) in [5.41, 5.74) is 1.53. The maximum absolute atomic E-state index is 11.9. The van der Waals surface area contributed by atoms with Crippen molar-refractivity contribution in [2.24, 2.45) is 0 Å². The van der Waals surface area contributed by atoms with Gasteiger partial charge in [-0.25, -0.2) is 4.79 Å². The zero-order valence-corrected chi connectivity index (χ0v) is 15.0. The third kappa shape index (κ3) is 5.16. The van der Waals surface area contributed by atoms with E-state index in [2.05, 4.69) is 0 Å². The van der Waals surface area contributed by atoms with E-state index in [-0.39, 0.29) is 6.61 Å². The lowest BCUT2D eigenvalue weighted by Crippen LogP contribution is -2.01. The highest BCUT2D eigenvalue weighted by atomic mass is 35.5. The zero-order valence-electron chi connectivity index (χ0n) is 14.2. The molecular formula is C19H19ClO5. The highest BCUT2D eigenvalue weighted by Crippen LogP contribution is 2.35. The van der Waals surface area contributed by atoms with Crippen molar-refractivity contribution in [3.05, 3.63) is 58.6 Å². The number of rotatable bonds is 7. The summed E-state index contributed by atoms with van der Waals surface area (Å²) in [6.45, 7) is 0.170. The van der Waals surface area contributed by atoms with Gasteiger partial charge in [-0.1, -0.05) is 23.7 Å². The first-order chi connectivity index (χ1) is 12.1. The van der Waals surface area contributed by atoms with Crippen molar-refractivity contribution < 1.29 is 23.7 Å². The van der Waals surface area contributed by atoms with E-state index in [4.69, 9.17) is 30.5 Å². The Morgan fingerprint density at radius 3 is 2.16 bits per heavy atom. The summed E-state index contributed by atoms with van der Waals surface area (Å²) in [6.07, 6.45) is 2.94. The van der Waals surface area contributed by atoms with Crippen LogP contribution in [0.2, 0.25) is 5.02 Å². The Kier molecular flexibility index (Phi) is 6.71. The van der Waals surface area contributed by atoms with Crippen LogP contribution < -0.4 is 14.2 Å². The highest BCUT2D eigenvalue weighted by molar-refractivity contribution is 6.30. The van der Waals surface area contributed by atoms with Gasteiger partial charge in [0.05, 0.1) is 21.3 Å². The summed E-state index contributed by atoms with van der Waals surface area (Å²) in [5.74, 6) is 1.17. The third-order valence-corrected chi connectivity index (χ3v) is 3.68. The molecule has 132 valence electrons. The Balaban J connectivity index is 2.06. The molecule has 0 fully saturated rings. The monoisotopic (exact) mass is 362 g/mol. The molecule has 6 heteroatoms. The fraction of sp³-hybridized carbons (Fsp3) is 0.211. The molecule has 0 saturated carbocycles. The van der Waals surface area contributed by atoms with E-state index in [1.165, 1.54) is 20.3 Å². The van der Waals surface area contributed by atoms with E-state index in [9.17, 15) is 4.79 Å². The summed E-state index contributed by atoms with van der Waals surface area (Å²) < 4.78 is 21.0. The van der Waals surface area contributed by atoms with E-state index in [0.717, 1.165) is 5.56 Å². The van der Waals surface area contributed by atoms with E-state index in [1.807, 2.05) is 0 Å². The molecule has 25 heavy (non-hydrogen) atoms. The predicted octanol–water partition coefficient (Wildman–Crippen LogP) is 4.12. The molecule has 2 aromatic rings. The van der Waals surface area contributed by atoms with Crippen molar-refractivity contribution in [3.8, 4) is 17.2 Å². The number of hydrogen-bond donors (Lipinski definition) is 0. The number of carbonyl (C=O) groups excluding carboxylic acids is 1. The number of halogens is 1. The molecule has 0 amide bonds. The predicted molar refractivity (Wildman–Crippen MR) is 96.4 cm³/mol. The lowest BCUT2D eigenvalue weighted by Gasteiger charge is -2.12. The third-order valence-electron chi connectivity index (χ3n) is 3.43. The summed E-state index contributed by atoms with van der Waals surface area (Å²) in [6, 6.07) is 10.5. The topological polar surface area (TPSA) is 54.0 Å². The second-order valence-corrected chi connectivity index (χ2v) is 5.45. The van der Waals surface area contributed by atoms with Crippen molar-refractivity contribution in [1.29, 1.82) is 0 Å². The van der Waals surface area contributed by atoms with E-state index in [1.54, 1.807) is 49.6 Å². The van der Waals surface area contributed by atoms with Crippen molar-refractivity contribution in [2.75, 3.05) is 21.3 Å². The minimum Gasteiger partial charge on any atom is -0.496 e. The Morgan fingerprint density at radius 1 is 0.960 bits per heavy atom. The van der Waals surface area contributed by atoms with Crippen LogP contribution in [0.15, 0.2) is 42.5 Å². The molecular weight excluding hydrogens is 344 g/mol. The molecule has 0 heterocycles. The van der Waals surface area contributed by atoms with Crippen LogP contribution in [0.5, 0.6) is 17.2 Å². The van der Waals surface area contributed by atoms with Crippen molar-refractivity contribution in [2.45, 2.75) is 6.61 Å². The lowest BCUT2D eigenvalue weighted by atomic mass is 10.1. The average molecular weight is 363 g/mol. The molecule has 0 unspecified atom stereocenters. The van der Waals surface area contributed by atoms with Gasteiger partial charge in [0.25, 0.3) is 0 Å². The van der Waals surface area contributed by atoms with Crippen LogP contribution in [0, 0.1) is 0 Å². The molecule has 0 N–H and O–H groups in total. The van der Waals surface area contributed by atoms with Crippen LogP contribution in [0.1, 0.15) is 11.1 Å². The SMILES string of the molecule is COc1cc(OC)c(OC)cc1/C=C/C(=O)OCc1ccc(Cl)cc1. The highest BCUT2D eigenvalue weighted by Gasteiger charge is 2.10. The van der Waals surface area contributed by atoms with E-state index >= 15 is 0 Å². The smallest absolute Gasteiger partial charge is 0.331 e. The summed E-state index contributed by atoms with van der Waals surface area (Å²) in [7, 11) is 4.62. The van der Waals surface area contributed by atoms with E-state index in [0.29, 0.717) is 27.8 Å². The molecule has 0 aromatic heterocycles. The van der Waals surface area contributed by atoms with Gasteiger partial charge in [0.1, 0.15) is 12.4 Å². The van der Waals surface area contributed by atoms with Crippen LogP contribution in [0.25, 0.3) is 6.08 Å². The summed E-state index contributed by atoms with van der Waals surface area (Å²) >= 11 is 5.82. The largest absolute Gasteiger partial charge is 0.496 e. The molecule has 0 bridgehead atoms. The van der Waals surface area contributed by atoms with Gasteiger partial charge in [-0.15, -0.1) is 0 Å². The van der Waals surface area contributed by atoms with Crippen LogP contribution in [-0.4, -0.2) is 27.3 Å². The van der Waals surface area contributed by atoms with Crippen LogP contribution in [0.3, 0.4) is 0 Å². The molecule has 2 rings (SSSR count). The van der Waals surface area contributed by atoms with Crippen molar-refractivity contribution in [3.63, 3.8) is 0 Å². The number of ether oxygens (including phenoxy) is 4. The van der Waals surface area contributed by atoms with Crippen LogP contribution in [0.4, 0.5) is 0 Å². The fourth-order valence-electron chi connectivity index (χ4n) is 2.12. The van der Waals surface area contributed by atoms with Gasteiger partial charge >= 0.3 is 5.97 Å². The maximum Gasteiger partial charge on any atom is 0.331 e. The molecule has 0 aliphatic carbocycles. The molecule has 0 aliphatic heterocycles. The fourth-order valence-corrected chi connectivity index (χ4v) is 2.25. The lowest BCUT2D eigenvalue weighted by molar-refractivity contribution is -0.138. The molecule has 0 aliphatic rings. The Labute approximate surface area is 151 Å². The number of benzene rings is 2. The zero-order chi connectivity index (χ0) is 18.2. The second-order valence-electron chi connectivity index (χ2n) is 5.02. The Hall–Kier alpha value is -2.66. The first-order valence-electron chi connectivity index (χ1n) is 7.46. The minimum absolute atomic E-state index is 0.170. The van der Waals surface area contributed by atoms with Gasteiger partial charge in [0.15, 0.2) is 11.5 Å². The normalized spacial score (nSPS) is 10.6. The van der Waals surface area contributed by atoms with Crippen molar-refractivity contribution >= 4 is 23.6 Å². The number of carbonyl (C=O) groups is 1. The van der Waals surface area contributed by atoms with Gasteiger partial charge in [-0.05, 0) is 29.8 Å².